The van der Waals surface area contributed by atoms with Crippen molar-refractivity contribution in [1.29, 1.82) is 0 Å². The van der Waals surface area contributed by atoms with Crippen molar-refractivity contribution in [1.82, 2.24) is 0 Å². The van der Waals surface area contributed by atoms with E-state index in [1.807, 2.05) is 55.9 Å². The normalized spacial score (nSPS) is 18.5. The first-order valence-corrected chi connectivity index (χ1v) is 15.3. The number of rotatable bonds is 15. The second-order valence-electron chi connectivity index (χ2n) is 10.7. The third kappa shape index (κ3) is 27.8. The summed E-state index contributed by atoms with van der Waals surface area (Å²) in [6.07, 6.45) is 4.80. The number of aliphatic hydroxyl groups excluding tert-OH is 2. The Morgan fingerprint density at radius 3 is 2.02 bits per heavy atom. The number of thioether (sulfide) groups is 1. The Morgan fingerprint density at radius 1 is 1.10 bits per heavy atom. The van der Waals surface area contributed by atoms with Crippen molar-refractivity contribution >= 4 is 17.7 Å². The fourth-order valence-electron chi connectivity index (χ4n) is 3.32. The van der Waals surface area contributed by atoms with E-state index in [1.165, 1.54) is 6.42 Å². The van der Waals surface area contributed by atoms with Gasteiger partial charge in [-0.3, -0.25) is 0 Å². The van der Waals surface area contributed by atoms with E-state index < -0.39 is 18.7 Å². The first-order chi connectivity index (χ1) is 18.3. The molecule has 0 bridgehead atoms. The Kier molecular flexibility index (Phi) is 30.3. The minimum absolute atomic E-state index is 0. The fourth-order valence-corrected chi connectivity index (χ4v) is 4.44. The molecule has 1 saturated heterocycles. The van der Waals surface area contributed by atoms with Gasteiger partial charge in [0.15, 0.2) is 0 Å². The molecule has 1 aromatic rings. The van der Waals surface area contributed by atoms with Crippen LogP contribution in [0.5, 0.6) is 5.75 Å². The summed E-state index contributed by atoms with van der Waals surface area (Å²) in [5.41, 5.74) is 0. The first-order valence-electron chi connectivity index (χ1n) is 14.4. The van der Waals surface area contributed by atoms with Gasteiger partial charge in [0.2, 0.25) is 0 Å². The van der Waals surface area contributed by atoms with Crippen molar-refractivity contribution in [2.45, 2.75) is 123 Å². The molecule has 0 aliphatic carbocycles. The number of para-hydroxylation sites is 1. The van der Waals surface area contributed by atoms with E-state index in [0.717, 1.165) is 30.3 Å². The summed E-state index contributed by atoms with van der Waals surface area (Å²) >= 11 is 2.04. The van der Waals surface area contributed by atoms with E-state index >= 15 is 0 Å². The van der Waals surface area contributed by atoms with Crippen LogP contribution in [0.4, 0.5) is 0 Å². The van der Waals surface area contributed by atoms with Crippen LogP contribution in [0.2, 0.25) is 0 Å². The van der Waals surface area contributed by atoms with Crippen molar-refractivity contribution < 1.29 is 63.9 Å². The minimum atomic E-state index is -1.26. The molecule has 0 aromatic heterocycles. The fraction of sp³-hybridized carbons (Fsp3) is 0.774. The van der Waals surface area contributed by atoms with E-state index in [1.54, 1.807) is 0 Å². The predicted octanol–water partition coefficient (Wildman–Crippen LogP) is 2.50. The molecule has 7 nitrogen and oxygen atoms in total. The maximum absolute atomic E-state index is 9.89. The number of carboxylic acids is 1. The van der Waals surface area contributed by atoms with Crippen LogP contribution in [0, 0.1) is 5.92 Å². The molecule has 0 amide bonds. The number of aliphatic carboxylic acids is 1. The van der Waals surface area contributed by atoms with Crippen LogP contribution in [-0.2, 0) is 14.3 Å². The molecule has 2 N–H and O–H groups in total. The van der Waals surface area contributed by atoms with E-state index in [2.05, 4.69) is 53.2 Å². The van der Waals surface area contributed by atoms with Gasteiger partial charge in [0.25, 0.3) is 0 Å². The van der Waals surface area contributed by atoms with Gasteiger partial charge in [0.1, 0.15) is 12.4 Å². The van der Waals surface area contributed by atoms with Crippen LogP contribution < -0.4 is 39.4 Å². The zero-order chi connectivity index (χ0) is 30.3. The molecule has 1 heterocycles. The minimum Gasteiger partial charge on any atom is -0.548 e. The quantitative estimate of drug-likeness (QED) is 0.235. The van der Waals surface area contributed by atoms with E-state index in [9.17, 15) is 15.0 Å². The SMILES string of the molecule is CC(C)CC(O)COCC(=O)[O-].CC(C)OC(COc1ccccc1)CC1(C)SC1C.CCC.CCCCO.[Na+]. The third-order valence-electron chi connectivity index (χ3n) is 5.31. The molecule has 0 spiro atoms. The largest absolute Gasteiger partial charge is 1.00 e. The Labute approximate surface area is 271 Å². The van der Waals surface area contributed by atoms with E-state index in [-0.39, 0.29) is 48.4 Å². The zero-order valence-corrected chi connectivity index (χ0v) is 29.8. The topological polar surface area (TPSA) is 108 Å². The molecule has 1 aromatic carbocycles. The number of carboxylic acid groups (broad SMARTS) is 1. The van der Waals surface area contributed by atoms with E-state index in [0.29, 0.717) is 30.3 Å². The van der Waals surface area contributed by atoms with Crippen LogP contribution >= 0.6 is 11.8 Å². The maximum atomic E-state index is 9.89. The van der Waals surface area contributed by atoms with E-state index in [4.69, 9.17) is 14.6 Å². The predicted molar refractivity (Wildman–Crippen MR) is 161 cm³/mol. The second kappa shape index (κ2) is 27.5. The summed E-state index contributed by atoms with van der Waals surface area (Å²) in [5, 5.41) is 27.9. The van der Waals surface area contributed by atoms with Crippen LogP contribution in [0.25, 0.3) is 0 Å². The number of carbonyl (C=O) groups excluding carboxylic acids is 1. The first kappa shape index (κ1) is 44.1. The number of ether oxygens (including phenoxy) is 3. The van der Waals surface area contributed by atoms with Gasteiger partial charge in [-0.25, -0.2) is 0 Å². The van der Waals surface area contributed by atoms with Crippen LogP contribution in [-0.4, -0.2) is 70.9 Å². The van der Waals surface area contributed by atoms with Gasteiger partial charge in [-0.15, -0.1) is 11.8 Å². The van der Waals surface area contributed by atoms with Gasteiger partial charge in [0, 0.05) is 16.6 Å². The van der Waals surface area contributed by atoms with Gasteiger partial charge in [0.05, 0.1) is 37.5 Å². The Balaban J connectivity index is -0.000000560. The number of carbonyl (C=O) groups is 1. The van der Waals surface area contributed by atoms with Crippen LogP contribution in [0.3, 0.4) is 0 Å². The molecule has 4 unspecified atom stereocenters. The molecule has 1 aliphatic heterocycles. The summed E-state index contributed by atoms with van der Waals surface area (Å²) in [5.74, 6) is 0.0415. The number of hydrogen-bond donors (Lipinski definition) is 2. The van der Waals surface area contributed by atoms with Gasteiger partial charge in [-0.2, -0.15) is 0 Å². The Bertz CT molecular complexity index is 692. The molecule has 230 valence electrons. The van der Waals surface area contributed by atoms with Crippen molar-refractivity contribution in [3.63, 3.8) is 0 Å². The van der Waals surface area contributed by atoms with Crippen LogP contribution in [0.15, 0.2) is 30.3 Å². The number of benzene rings is 1. The molecular formula is C31H57NaO7S. The third-order valence-corrected chi connectivity index (χ3v) is 6.99. The number of aliphatic hydroxyl groups is 2. The van der Waals surface area contributed by atoms with Crippen molar-refractivity contribution in [2.24, 2.45) is 5.92 Å². The van der Waals surface area contributed by atoms with Crippen LogP contribution in [0.1, 0.15) is 94.4 Å². The molecule has 4 atom stereocenters. The summed E-state index contributed by atoms with van der Waals surface area (Å²) in [6, 6.07) is 9.96. The standard InChI is InChI=1S/C16H24O2S.C8H16O4.C4H10O.C3H8.Na/c1-12(2)18-15(10-16(4)13(3)19-16)11-17-14-8-6-5-7-9-14;1-6(2)3-7(9)4-12-5-8(10)11;1-2-3-4-5;1-3-2;/h5-9,12-13,15H,10-11H2,1-4H3;6-7,9H,3-5H2,1-2H3,(H,10,11);5H,2-4H2,1H3;3H2,1-2H3;/q;;;;+1/p-1. The zero-order valence-electron chi connectivity index (χ0n) is 27.0. The molecule has 1 aliphatic rings. The number of hydrogen-bond acceptors (Lipinski definition) is 8. The summed E-state index contributed by atoms with van der Waals surface area (Å²) in [6.45, 7) is 19.6. The maximum Gasteiger partial charge on any atom is 1.00 e. The van der Waals surface area contributed by atoms with Crippen molar-refractivity contribution in [2.75, 3.05) is 26.4 Å². The van der Waals surface area contributed by atoms with Crippen molar-refractivity contribution in [3.05, 3.63) is 30.3 Å². The molecule has 2 rings (SSSR count). The molecule has 1 fully saturated rings. The average Bonchev–Trinajstić information content (AvgIpc) is 3.44. The second-order valence-corrected chi connectivity index (χ2v) is 12.5. The van der Waals surface area contributed by atoms with Gasteiger partial charge < -0.3 is 34.3 Å². The monoisotopic (exact) mass is 596 g/mol. The van der Waals surface area contributed by atoms with Gasteiger partial charge in [-0.1, -0.05) is 72.6 Å². The summed E-state index contributed by atoms with van der Waals surface area (Å²) < 4.78 is 16.9. The van der Waals surface area contributed by atoms with Gasteiger partial charge in [-0.05, 0) is 58.1 Å². The Morgan fingerprint density at radius 2 is 1.65 bits per heavy atom. The Hall–Kier alpha value is -0.320. The van der Waals surface area contributed by atoms with Crippen molar-refractivity contribution in [3.8, 4) is 5.75 Å². The molecule has 40 heavy (non-hydrogen) atoms. The smallest absolute Gasteiger partial charge is 0.548 e. The summed E-state index contributed by atoms with van der Waals surface area (Å²) in [4.78, 5) is 9.89. The summed E-state index contributed by atoms with van der Waals surface area (Å²) in [7, 11) is 0. The van der Waals surface area contributed by atoms with Gasteiger partial charge >= 0.3 is 29.6 Å². The molecular weight excluding hydrogens is 539 g/mol. The molecule has 0 saturated carbocycles. The molecule has 9 heteroatoms. The number of unbranched alkanes of at least 4 members (excludes halogenated alkanes) is 1. The molecule has 0 radical (unpaired) electrons. The average molecular weight is 597 g/mol.